The first-order chi connectivity index (χ1) is 11.7. The highest BCUT2D eigenvalue weighted by atomic mass is 16.5. The van der Waals surface area contributed by atoms with Crippen LogP contribution in [0.3, 0.4) is 0 Å². The molecule has 0 bridgehead atoms. The molecule has 3 aliphatic heterocycles. The van der Waals surface area contributed by atoms with Crippen molar-refractivity contribution in [3.05, 3.63) is 29.8 Å². The number of fused-ring (bicyclic) bond motifs is 2. The van der Waals surface area contributed by atoms with Crippen molar-refractivity contribution in [1.29, 1.82) is 0 Å². The van der Waals surface area contributed by atoms with Gasteiger partial charge in [0.25, 0.3) is 5.91 Å². The summed E-state index contributed by atoms with van der Waals surface area (Å²) in [6.45, 7) is 4.58. The van der Waals surface area contributed by atoms with E-state index in [-0.39, 0.29) is 11.9 Å². The Kier molecular flexibility index (Phi) is 3.90. The number of hydrogen-bond donors (Lipinski definition) is 1. The summed E-state index contributed by atoms with van der Waals surface area (Å²) in [4.78, 5) is 29.1. The molecule has 3 amide bonds. The summed E-state index contributed by atoms with van der Waals surface area (Å²) in [5.41, 5.74) is -0.222. The van der Waals surface area contributed by atoms with Crippen LogP contribution in [0.4, 0.5) is 4.79 Å². The minimum atomic E-state index is -0.975. The van der Waals surface area contributed by atoms with Crippen LogP contribution in [0.1, 0.15) is 12.0 Å². The number of nitrogens with zero attached hydrogens (tertiary/aromatic N) is 2. The summed E-state index contributed by atoms with van der Waals surface area (Å²) in [5, 5.41) is 2.93. The average Bonchev–Trinajstić information content (AvgIpc) is 2.85. The molecule has 0 aromatic heterocycles. The van der Waals surface area contributed by atoms with E-state index in [4.69, 9.17) is 9.47 Å². The van der Waals surface area contributed by atoms with Gasteiger partial charge in [-0.1, -0.05) is 18.2 Å². The zero-order chi connectivity index (χ0) is 16.6. The summed E-state index contributed by atoms with van der Waals surface area (Å²) >= 11 is 0. The van der Waals surface area contributed by atoms with Gasteiger partial charge in [0.1, 0.15) is 5.75 Å². The van der Waals surface area contributed by atoms with Crippen molar-refractivity contribution in [3.8, 4) is 5.75 Å². The molecule has 128 valence electrons. The molecule has 2 saturated heterocycles. The van der Waals surface area contributed by atoms with Gasteiger partial charge in [0, 0.05) is 38.2 Å². The zero-order valence-corrected chi connectivity index (χ0v) is 13.5. The van der Waals surface area contributed by atoms with E-state index in [2.05, 4.69) is 10.2 Å². The first kappa shape index (κ1) is 15.4. The number of para-hydroxylation sites is 1. The maximum atomic E-state index is 13.1. The molecule has 1 unspecified atom stereocenters. The number of hydrogen-bond acceptors (Lipinski definition) is 5. The van der Waals surface area contributed by atoms with Gasteiger partial charge in [0.05, 0.1) is 19.8 Å². The third kappa shape index (κ3) is 2.44. The lowest BCUT2D eigenvalue weighted by atomic mass is 9.84. The maximum Gasteiger partial charge on any atom is 0.325 e. The van der Waals surface area contributed by atoms with Crippen molar-refractivity contribution in [2.75, 3.05) is 46.0 Å². The van der Waals surface area contributed by atoms with E-state index in [0.717, 1.165) is 18.7 Å². The summed E-state index contributed by atoms with van der Waals surface area (Å²) in [5.74, 6) is 0.504. The SMILES string of the molecule is O=C1NC2(CCOc3ccccc32)C(=O)N1CCN1CCOCC1. The molecule has 7 nitrogen and oxygen atoms in total. The summed E-state index contributed by atoms with van der Waals surface area (Å²) in [7, 11) is 0. The van der Waals surface area contributed by atoms with Crippen molar-refractivity contribution in [2.45, 2.75) is 12.0 Å². The Hall–Kier alpha value is -2.12. The fourth-order valence-corrected chi connectivity index (χ4v) is 3.64. The molecule has 24 heavy (non-hydrogen) atoms. The highest BCUT2D eigenvalue weighted by molar-refractivity contribution is 6.08. The second-order valence-corrected chi connectivity index (χ2v) is 6.34. The van der Waals surface area contributed by atoms with Gasteiger partial charge in [-0.3, -0.25) is 14.6 Å². The minimum Gasteiger partial charge on any atom is -0.493 e. The van der Waals surface area contributed by atoms with Crippen LogP contribution in [0.25, 0.3) is 0 Å². The summed E-state index contributed by atoms with van der Waals surface area (Å²) < 4.78 is 11.0. The van der Waals surface area contributed by atoms with Crippen LogP contribution in [0.15, 0.2) is 24.3 Å². The number of carbonyl (C=O) groups is 2. The minimum absolute atomic E-state index is 0.170. The molecule has 1 aromatic rings. The van der Waals surface area contributed by atoms with Gasteiger partial charge in [0.15, 0.2) is 5.54 Å². The number of carbonyl (C=O) groups excluding carboxylic acids is 2. The first-order valence-electron chi connectivity index (χ1n) is 8.37. The topological polar surface area (TPSA) is 71.1 Å². The fourth-order valence-electron chi connectivity index (χ4n) is 3.64. The smallest absolute Gasteiger partial charge is 0.325 e. The van der Waals surface area contributed by atoms with E-state index in [1.54, 1.807) is 0 Å². The van der Waals surface area contributed by atoms with Crippen LogP contribution in [-0.4, -0.2) is 67.7 Å². The predicted octanol–water partition coefficient (Wildman–Crippen LogP) is 0.548. The van der Waals surface area contributed by atoms with Crippen molar-refractivity contribution < 1.29 is 19.1 Å². The molecule has 7 heteroatoms. The summed E-state index contributed by atoms with van der Waals surface area (Å²) in [6.07, 6.45) is 0.461. The molecule has 0 saturated carbocycles. The molecule has 0 radical (unpaired) electrons. The second kappa shape index (κ2) is 6.07. The normalized spacial score (nSPS) is 27.1. The second-order valence-electron chi connectivity index (χ2n) is 6.34. The molecule has 1 atom stereocenters. The lowest BCUT2D eigenvalue weighted by Crippen LogP contribution is -2.48. The number of ether oxygens (including phenoxy) is 2. The number of amides is 3. The van der Waals surface area contributed by atoms with Crippen molar-refractivity contribution >= 4 is 11.9 Å². The first-order valence-corrected chi connectivity index (χ1v) is 8.37. The van der Waals surface area contributed by atoms with E-state index < -0.39 is 5.54 Å². The van der Waals surface area contributed by atoms with E-state index in [1.807, 2.05) is 24.3 Å². The van der Waals surface area contributed by atoms with Gasteiger partial charge in [-0.15, -0.1) is 0 Å². The molecule has 1 N–H and O–H groups in total. The molecular weight excluding hydrogens is 310 g/mol. The number of urea groups is 1. The van der Waals surface area contributed by atoms with Gasteiger partial charge < -0.3 is 14.8 Å². The summed E-state index contributed by atoms with van der Waals surface area (Å²) in [6, 6.07) is 7.12. The Morgan fingerprint density at radius 3 is 2.71 bits per heavy atom. The lowest BCUT2D eigenvalue weighted by Gasteiger charge is -2.33. The van der Waals surface area contributed by atoms with Crippen LogP contribution in [0.5, 0.6) is 5.75 Å². The Morgan fingerprint density at radius 2 is 1.88 bits per heavy atom. The Labute approximate surface area is 140 Å². The highest BCUT2D eigenvalue weighted by Crippen LogP contribution is 2.40. The van der Waals surface area contributed by atoms with Gasteiger partial charge in [0.2, 0.25) is 0 Å². The highest BCUT2D eigenvalue weighted by Gasteiger charge is 2.54. The van der Waals surface area contributed by atoms with Crippen LogP contribution < -0.4 is 10.1 Å². The Bertz CT molecular complexity index is 659. The van der Waals surface area contributed by atoms with E-state index in [9.17, 15) is 9.59 Å². The Morgan fingerprint density at radius 1 is 1.08 bits per heavy atom. The molecular formula is C17H21N3O4. The molecule has 3 aliphatic rings. The molecule has 3 heterocycles. The quantitative estimate of drug-likeness (QED) is 0.819. The number of imide groups is 1. The molecule has 4 rings (SSSR count). The average molecular weight is 331 g/mol. The number of morpholine rings is 1. The van der Waals surface area contributed by atoms with Crippen LogP contribution in [0.2, 0.25) is 0 Å². The van der Waals surface area contributed by atoms with Crippen molar-refractivity contribution in [2.24, 2.45) is 0 Å². The van der Waals surface area contributed by atoms with Crippen molar-refractivity contribution in [3.63, 3.8) is 0 Å². The third-order valence-electron chi connectivity index (χ3n) is 5.00. The maximum absolute atomic E-state index is 13.1. The van der Waals surface area contributed by atoms with E-state index in [1.165, 1.54) is 4.90 Å². The monoisotopic (exact) mass is 331 g/mol. The van der Waals surface area contributed by atoms with Gasteiger partial charge in [-0.2, -0.15) is 0 Å². The van der Waals surface area contributed by atoms with E-state index >= 15 is 0 Å². The molecule has 0 aliphatic carbocycles. The fraction of sp³-hybridized carbons (Fsp3) is 0.529. The van der Waals surface area contributed by atoms with Gasteiger partial charge in [-0.25, -0.2) is 4.79 Å². The zero-order valence-electron chi connectivity index (χ0n) is 13.5. The van der Waals surface area contributed by atoms with Crippen molar-refractivity contribution in [1.82, 2.24) is 15.1 Å². The standard InChI is InChI=1S/C17H21N3O4/c21-15-17(5-10-24-14-4-2-1-3-13(14)17)18-16(22)20(15)7-6-19-8-11-23-12-9-19/h1-4H,5-12H2,(H,18,22). The predicted molar refractivity (Wildman–Crippen MR) is 85.7 cm³/mol. The number of rotatable bonds is 3. The molecule has 1 spiro atoms. The van der Waals surface area contributed by atoms with Crippen LogP contribution >= 0.6 is 0 Å². The Balaban J connectivity index is 1.53. The van der Waals surface area contributed by atoms with Gasteiger partial charge in [-0.05, 0) is 6.07 Å². The third-order valence-corrected chi connectivity index (χ3v) is 5.00. The number of benzene rings is 1. The van der Waals surface area contributed by atoms with E-state index in [0.29, 0.717) is 45.1 Å². The largest absolute Gasteiger partial charge is 0.493 e. The van der Waals surface area contributed by atoms with Gasteiger partial charge >= 0.3 is 6.03 Å². The number of nitrogens with one attached hydrogen (secondary N) is 1. The molecule has 1 aromatic carbocycles. The molecule has 2 fully saturated rings. The van der Waals surface area contributed by atoms with Crippen LogP contribution in [-0.2, 0) is 15.1 Å². The lowest BCUT2D eigenvalue weighted by molar-refractivity contribution is -0.132. The van der Waals surface area contributed by atoms with Crippen LogP contribution in [0, 0.1) is 0 Å².